The van der Waals surface area contributed by atoms with Gasteiger partial charge in [0.2, 0.25) is 0 Å². The van der Waals surface area contributed by atoms with Crippen molar-refractivity contribution in [1.29, 1.82) is 0 Å². The number of nitrogens with zero attached hydrogens (tertiary/aromatic N) is 6. The van der Waals surface area contributed by atoms with Gasteiger partial charge in [-0.25, -0.2) is 4.98 Å². The molecular weight excluding hydrogens is 328 g/mol. The first-order chi connectivity index (χ1) is 12.8. The summed E-state index contributed by atoms with van der Waals surface area (Å²) in [5, 5.41) is 9.79. The molecular formula is C19H20N6O. The van der Waals surface area contributed by atoms with Crippen molar-refractivity contribution in [2.45, 2.75) is 13.5 Å². The molecule has 0 radical (unpaired) electrons. The summed E-state index contributed by atoms with van der Waals surface area (Å²) in [4.78, 5) is 9.34. The maximum absolute atomic E-state index is 5.43. The molecule has 1 aliphatic heterocycles. The number of hydrogen-bond donors (Lipinski definition) is 0. The Labute approximate surface area is 150 Å². The molecule has 0 amide bonds. The zero-order valence-corrected chi connectivity index (χ0v) is 14.7. The molecule has 0 bridgehead atoms. The minimum absolute atomic E-state index is 0.817. The van der Waals surface area contributed by atoms with E-state index in [4.69, 9.17) is 4.52 Å². The van der Waals surface area contributed by atoms with Gasteiger partial charge in [0.05, 0.1) is 6.20 Å². The third-order valence-electron chi connectivity index (χ3n) is 4.99. The summed E-state index contributed by atoms with van der Waals surface area (Å²) < 4.78 is 7.35. The van der Waals surface area contributed by atoms with E-state index in [-0.39, 0.29) is 0 Å². The third-order valence-corrected chi connectivity index (χ3v) is 4.99. The highest BCUT2D eigenvalue weighted by atomic mass is 16.5. The fourth-order valence-corrected chi connectivity index (χ4v) is 3.64. The van der Waals surface area contributed by atoms with Gasteiger partial charge in [0.15, 0.2) is 11.2 Å². The first kappa shape index (κ1) is 15.3. The molecule has 0 spiro atoms. The van der Waals surface area contributed by atoms with Crippen molar-refractivity contribution < 1.29 is 4.52 Å². The van der Waals surface area contributed by atoms with E-state index in [1.54, 1.807) is 6.20 Å². The SMILES string of the molecule is Cc1cc(N2CCN(Cc3noc4ccccc34)CC2)n2nccc2n1. The second kappa shape index (κ2) is 6.10. The Morgan fingerprint density at radius 3 is 2.81 bits per heavy atom. The zero-order valence-electron chi connectivity index (χ0n) is 14.7. The van der Waals surface area contributed by atoms with Crippen LogP contribution in [-0.2, 0) is 6.54 Å². The molecule has 132 valence electrons. The van der Waals surface area contributed by atoms with E-state index in [9.17, 15) is 0 Å². The van der Waals surface area contributed by atoms with Gasteiger partial charge in [0.25, 0.3) is 0 Å². The fourth-order valence-electron chi connectivity index (χ4n) is 3.64. The van der Waals surface area contributed by atoms with Crippen LogP contribution in [0.1, 0.15) is 11.4 Å². The highest BCUT2D eigenvalue weighted by Gasteiger charge is 2.21. The maximum atomic E-state index is 5.43. The molecule has 1 aromatic carbocycles. The number of fused-ring (bicyclic) bond motifs is 2. The summed E-state index contributed by atoms with van der Waals surface area (Å²) in [6.07, 6.45) is 1.80. The van der Waals surface area contributed by atoms with Gasteiger partial charge < -0.3 is 9.42 Å². The van der Waals surface area contributed by atoms with E-state index in [1.807, 2.05) is 35.7 Å². The molecule has 1 aliphatic rings. The van der Waals surface area contributed by atoms with Gasteiger partial charge in [-0.05, 0) is 19.1 Å². The summed E-state index contributed by atoms with van der Waals surface area (Å²) in [6, 6.07) is 12.1. The van der Waals surface area contributed by atoms with Crippen LogP contribution in [0.5, 0.6) is 0 Å². The minimum Gasteiger partial charge on any atom is -0.356 e. The van der Waals surface area contributed by atoms with Crippen LogP contribution < -0.4 is 4.90 Å². The van der Waals surface area contributed by atoms with E-state index < -0.39 is 0 Å². The third kappa shape index (κ3) is 2.61. The standard InChI is InChI=1S/C19H20N6O/c1-14-12-19(25-18(21-14)6-7-20-25)24-10-8-23(9-11-24)13-16-15-4-2-3-5-17(15)26-22-16/h2-7,12H,8-11,13H2,1H3. The molecule has 0 saturated carbocycles. The van der Waals surface area contributed by atoms with Crippen LogP contribution in [0.2, 0.25) is 0 Å². The van der Waals surface area contributed by atoms with Crippen LogP contribution >= 0.6 is 0 Å². The normalized spacial score (nSPS) is 16.0. The van der Waals surface area contributed by atoms with E-state index in [2.05, 4.69) is 37.2 Å². The van der Waals surface area contributed by atoms with Crippen molar-refractivity contribution in [3.05, 3.63) is 54.0 Å². The predicted molar refractivity (Wildman–Crippen MR) is 99.2 cm³/mol. The van der Waals surface area contributed by atoms with Crippen molar-refractivity contribution in [1.82, 2.24) is 24.7 Å². The topological polar surface area (TPSA) is 62.7 Å². The molecule has 7 heteroatoms. The van der Waals surface area contributed by atoms with Gasteiger partial charge in [0.1, 0.15) is 11.5 Å². The van der Waals surface area contributed by atoms with Crippen LogP contribution in [0.15, 0.2) is 47.1 Å². The van der Waals surface area contributed by atoms with Crippen molar-refractivity contribution in [3.8, 4) is 0 Å². The van der Waals surface area contributed by atoms with E-state index in [0.717, 1.165) is 66.5 Å². The summed E-state index contributed by atoms with van der Waals surface area (Å²) in [5.74, 6) is 1.11. The van der Waals surface area contributed by atoms with Gasteiger partial charge in [-0.2, -0.15) is 9.61 Å². The molecule has 1 saturated heterocycles. The Kier molecular flexibility index (Phi) is 3.60. The fraction of sp³-hybridized carbons (Fsp3) is 0.316. The molecule has 5 rings (SSSR count). The Hall–Kier alpha value is -2.93. The number of aromatic nitrogens is 4. The molecule has 0 unspecified atom stereocenters. The Morgan fingerprint density at radius 2 is 1.92 bits per heavy atom. The number of para-hydroxylation sites is 1. The number of piperazine rings is 1. The molecule has 1 fully saturated rings. The smallest absolute Gasteiger partial charge is 0.167 e. The van der Waals surface area contributed by atoms with Gasteiger partial charge in [-0.1, -0.05) is 17.3 Å². The minimum atomic E-state index is 0.817. The number of rotatable bonds is 3. The van der Waals surface area contributed by atoms with Crippen LogP contribution in [0.3, 0.4) is 0 Å². The summed E-state index contributed by atoms with van der Waals surface area (Å²) >= 11 is 0. The summed E-state index contributed by atoms with van der Waals surface area (Å²) in [6.45, 7) is 6.71. The lowest BCUT2D eigenvalue weighted by Crippen LogP contribution is -2.46. The molecule has 3 aromatic heterocycles. The first-order valence-electron chi connectivity index (χ1n) is 8.90. The van der Waals surface area contributed by atoms with E-state index >= 15 is 0 Å². The van der Waals surface area contributed by atoms with E-state index in [0.29, 0.717) is 0 Å². The highest BCUT2D eigenvalue weighted by molar-refractivity contribution is 5.79. The Morgan fingerprint density at radius 1 is 1.08 bits per heavy atom. The van der Waals surface area contributed by atoms with Crippen molar-refractivity contribution in [2.75, 3.05) is 31.1 Å². The maximum Gasteiger partial charge on any atom is 0.167 e. The lowest BCUT2D eigenvalue weighted by molar-refractivity contribution is 0.242. The highest BCUT2D eigenvalue weighted by Crippen LogP contribution is 2.22. The van der Waals surface area contributed by atoms with Gasteiger partial charge >= 0.3 is 0 Å². The largest absolute Gasteiger partial charge is 0.356 e. The molecule has 4 heterocycles. The monoisotopic (exact) mass is 348 g/mol. The van der Waals surface area contributed by atoms with Gasteiger partial charge in [-0.15, -0.1) is 0 Å². The second-order valence-electron chi connectivity index (χ2n) is 6.75. The molecule has 4 aromatic rings. The number of aryl methyl sites for hydroxylation is 1. The van der Waals surface area contributed by atoms with Crippen molar-refractivity contribution in [2.24, 2.45) is 0 Å². The van der Waals surface area contributed by atoms with Crippen LogP contribution in [0.25, 0.3) is 16.6 Å². The Balaban J connectivity index is 1.32. The molecule has 7 nitrogen and oxygen atoms in total. The molecule has 26 heavy (non-hydrogen) atoms. The first-order valence-corrected chi connectivity index (χ1v) is 8.90. The molecule has 0 N–H and O–H groups in total. The number of hydrogen-bond acceptors (Lipinski definition) is 6. The number of anilines is 1. The van der Waals surface area contributed by atoms with Gasteiger partial charge in [-0.3, -0.25) is 4.90 Å². The second-order valence-corrected chi connectivity index (χ2v) is 6.75. The van der Waals surface area contributed by atoms with Gasteiger partial charge in [0, 0.05) is 55.9 Å². The van der Waals surface area contributed by atoms with Crippen LogP contribution in [0.4, 0.5) is 5.82 Å². The molecule has 0 atom stereocenters. The zero-order chi connectivity index (χ0) is 17.5. The van der Waals surface area contributed by atoms with Crippen molar-refractivity contribution >= 4 is 22.4 Å². The summed E-state index contributed by atoms with van der Waals surface area (Å²) in [7, 11) is 0. The average molecular weight is 348 g/mol. The molecule has 0 aliphatic carbocycles. The quantitative estimate of drug-likeness (QED) is 0.567. The Bertz CT molecular complexity index is 1060. The van der Waals surface area contributed by atoms with Crippen LogP contribution in [0, 0.1) is 6.92 Å². The van der Waals surface area contributed by atoms with Crippen molar-refractivity contribution in [3.63, 3.8) is 0 Å². The average Bonchev–Trinajstić information content (AvgIpc) is 3.29. The lowest BCUT2D eigenvalue weighted by atomic mass is 10.2. The number of benzene rings is 1. The lowest BCUT2D eigenvalue weighted by Gasteiger charge is -2.35. The summed E-state index contributed by atoms with van der Waals surface area (Å²) in [5.41, 5.74) is 3.79. The van der Waals surface area contributed by atoms with Crippen LogP contribution in [-0.4, -0.2) is 50.8 Å². The van der Waals surface area contributed by atoms with E-state index in [1.165, 1.54) is 0 Å². The predicted octanol–water partition coefficient (Wildman–Crippen LogP) is 2.50.